The molecule has 0 fully saturated rings. The lowest BCUT2D eigenvalue weighted by atomic mass is 9.93. The number of alkyl halides is 3. The van der Waals surface area contributed by atoms with E-state index < -0.39 is 20.7 Å². The first-order chi connectivity index (χ1) is 15.5. The molecule has 2 heterocycles. The van der Waals surface area contributed by atoms with Gasteiger partial charge in [-0.15, -0.1) is 0 Å². The fraction of sp³-hybridized carbons (Fsp3) is 0.259. The van der Waals surface area contributed by atoms with Crippen LogP contribution in [0.15, 0.2) is 67.0 Å². The molecule has 6 heteroatoms. The van der Waals surface area contributed by atoms with Gasteiger partial charge >= 0.3 is 6.18 Å². The van der Waals surface area contributed by atoms with E-state index >= 15 is 0 Å². The molecule has 0 aliphatic rings. The van der Waals surface area contributed by atoms with Gasteiger partial charge in [0.2, 0.25) is 5.69 Å². The van der Waals surface area contributed by atoms with Crippen molar-refractivity contribution in [2.24, 2.45) is 7.05 Å². The summed E-state index contributed by atoms with van der Waals surface area (Å²) in [5, 5.41) is 4.50. The van der Waals surface area contributed by atoms with Crippen molar-refractivity contribution in [1.29, 1.82) is 0 Å². The number of benzene rings is 2. The van der Waals surface area contributed by atoms with E-state index in [1.54, 1.807) is 12.1 Å². The van der Waals surface area contributed by atoms with Crippen LogP contribution >= 0.6 is 0 Å². The first-order valence-electron chi connectivity index (χ1n) is 11.0. The van der Waals surface area contributed by atoms with E-state index in [-0.39, 0.29) is 5.56 Å². The summed E-state index contributed by atoms with van der Waals surface area (Å²) < 4.78 is 41.4. The second-order valence-electron chi connectivity index (χ2n) is 9.29. The molecule has 2 aromatic carbocycles. The van der Waals surface area contributed by atoms with Gasteiger partial charge in [0.1, 0.15) is 15.1 Å². The zero-order valence-electron chi connectivity index (χ0n) is 19.6. The molecule has 0 amide bonds. The number of pyridine rings is 2. The fourth-order valence-corrected chi connectivity index (χ4v) is 6.71. The minimum Gasteiger partial charge on any atom is -0.266 e. The summed E-state index contributed by atoms with van der Waals surface area (Å²) in [7, 11) is -0.0366. The Hall–Kier alpha value is -2.99. The number of rotatable bonds is 4. The molecule has 0 radical (unpaired) electrons. The van der Waals surface area contributed by atoms with Crippen molar-refractivity contribution in [2.75, 3.05) is 0 Å². The van der Waals surface area contributed by atoms with E-state index in [1.807, 2.05) is 50.0 Å². The molecule has 0 atom stereocenters. The smallest absolute Gasteiger partial charge is 0.266 e. The lowest BCUT2D eigenvalue weighted by Gasteiger charge is -2.23. The zero-order valence-corrected chi connectivity index (χ0v) is 20.6. The molecule has 0 unspecified atom stereocenters. The molecule has 0 aliphatic carbocycles. The van der Waals surface area contributed by atoms with Crippen LogP contribution in [0.25, 0.3) is 22.0 Å². The van der Waals surface area contributed by atoms with Crippen molar-refractivity contribution < 1.29 is 17.7 Å². The molecule has 0 saturated carbocycles. The van der Waals surface area contributed by atoms with Gasteiger partial charge < -0.3 is 0 Å². The van der Waals surface area contributed by atoms with E-state index in [4.69, 9.17) is 0 Å². The fourth-order valence-electron chi connectivity index (χ4n) is 4.49. The van der Waals surface area contributed by atoms with Crippen LogP contribution in [0.4, 0.5) is 13.2 Å². The Morgan fingerprint density at radius 1 is 0.970 bits per heavy atom. The van der Waals surface area contributed by atoms with E-state index in [0.717, 1.165) is 38.5 Å². The monoisotopic (exact) mass is 465 g/mol. The number of hydrogen-bond acceptors (Lipinski definition) is 1. The molecule has 0 aliphatic heterocycles. The number of hydrogen-bond donors (Lipinski definition) is 0. The Labute approximate surface area is 193 Å². The molecule has 0 saturated heterocycles. The van der Waals surface area contributed by atoms with Crippen LogP contribution in [0.3, 0.4) is 0 Å². The highest BCUT2D eigenvalue weighted by Crippen LogP contribution is 2.32. The van der Waals surface area contributed by atoms with Gasteiger partial charge in [0.05, 0.1) is 17.4 Å². The third kappa shape index (κ3) is 4.57. The predicted octanol–water partition coefficient (Wildman–Crippen LogP) is 5.27. The summed E-state index contributed by atoms with van der Waals surface area (Å²) in [5.41, 5.74) is 3.93. The van der Waals surface area contributed by atoms with Gasteiger partial charge in [-0.3, -0.25) is 4.98 Å². The van der Waals surface area contributed by atoms with E-state index in [2.05, 4.69) is 48.4 Å². The molecule has 170 valence electrons. The normalized spacial score (nSPS) is 12.4. The summed E-state index contributed by atoms with van der Waals surface area (Å²) in [6.45, 7) is 8.43. The molecule has 2 nitrogen and oxygen atoms in total. The highest BCUT2D eigenvalue weighted by atomic mass is 28.3. The Balaban J connectivity index is 1.89. The van der Waals surface area contributed by atoms with Gasteiger partial charge in [-0.1, -0.05) is 42.5 Å². The van der Waals surface area contributed by atoms with E-state index in [1.165, 1.54) is 5.19 Å². The number of fused-ring (bicyclic) bond motifs is 1. The SMILES string of the molecule is Cc1cc(CC(F)(F)F)cc(-c2c3ccc([Si](C)(C)c4ccccn4)cc3cc[n+]2C)c1C. The molecule has 33 heavy (non-hydrogen) atoms. The van der Waals surface area contributed by atoms with Crippen molar-refractivity contribution >= 4 is 29.4 Å². The van der Waals surface area contributed by atoms with E-state index in [0.29, 0.717) is 0 Å². The van der Waals surface area contributed by atoms with Gasteiger partial charge in [0.15, 0.2) is 6.20 Å². The summed E-state index contributed by atoms with van der Waals surface area (Å²) in [4.78, 5) is 4.61. The van der Waals surface area contributed by atoms with Crippen LogP contribution in [0.2, 0.25) is 13.1 Å². The maximum Gasteiger partial charge on any atom is 0.393 e. The molecular weight excluding hydrogens is 437 g/mol. The van der Waals surface area contributed by atoms with Crippen molar-refractivity contribution in [3.63, 3.8) is 0 Å². The first-order valence-corrected chi connectivity index (χ1v) is 14.0. The average Bonchev–Trinajstić information content (AvgIpc) is 2.75. The van der Waals surface area contributed by atoms with Crippen molar-refractivity contribution in [2.45, 2.75) is 39.5 Å². The Bertz CT molecular complexity index is 1330. The van der Waals surface area contributed by atoms with Crippen LogP contribution in [-0.4, -0.2) is 19.2 Å². The topological polar surface area (TPSA) is 16.8 Å². The van der Waals surface area contributed by atoms with Gasteiger partial charge in [0.25, 0.3) is 0 Å². The van der Waals surface area contributed by atoms with Gasteiger partial charge in [-0.2, -0.15) is 13.2 Å². The first kappa shape index (κ1) is 23.2. The third-order valence-electron chi connectivity index (χ3n) is 6.55. The molecular formula is C27H28F3N2Si+. The molecule has 2 aromatic heterocycles. The average molecular weight is 466 g/mol. The van der Waals surface area contributed by atoms with Crippen molar-refractivity contribution in [3.05, 3.63) is 83.7 Å². The molecule has 0 N–H and O–H groups in total. The second kappa shape index (κ2) is 8.41. The van der Waals surface area contributed by atoms with Crippen molar-refractivity contribution in [1.82, 2.24) is 4.98 Å². The summed E-state index contributed by atoms with van der Waals surface area (Å²) >= 11 is 0. The lowest BCUT2D eigenvalue weighted by Crippen LogP contribution is -2.54. The number of aromatic nitrogens is 2. The maximum atomic E-state index is 13.1. The maximum absolute atomic E-state index is 13.1. The van der Waals surface area contributed by atoms with Gasteiger partial charge in [0, 0.05) is 17.6 Å². The zero-order chi connectivity index (χ0) is 24.0. The van der Waals surface area contributed by atoms with Crippen LogP contribution in [0.5, 0.6) is 0 Å². The Kier molecular flexibility index (Phi) is 5.91. The summed E-state index contributed by atoms with van der Waals surface area (Å²) in [6.07, 6.45) is -1.34. The molecule has 4 aromatic rings. The minimum absolute atomic E-state index is 0.290. The largest absolute Gasteiger partial charge is 0.393 e. The Morgan fingerprint density at radius 2 is 1.73 bits per heavy atom. The van der Waals surface area contributed by atoms with Crippen LogP contribution in [0.1, 0.15) is 16.7 Å². The highest BCUT2D eigenvalue weighted by molar-refractivity contribution is 7.00. The quantitative estimate of drug-likeness (QED) is 0.296. The lowest BCUT2D eigenvalue weighted by molar-refractivity contribution is -0.659. The molecule has 0 spiro atoms. The minimum atomic E-state index is -4.24. The van der Waals surface area contributed by atoms with E-state index in [9.17, 15) is 13.2 Å². The van der Waals surface area contributed by atoms with Crippen LogP contribution in [0, 0.1) is 13.8 Å². The Morgan fingerprint density at radius 3 is 2.39 bits per heavy atom. The van der Waals surface area contributed by atoms with Gasteiger partial charge in [-0.25, -0.2) is 4.57 Å². The number of aryl methyl sites for hydroxylation is 2. The number of nitrogens with zero attached hydrogens (tertiary/aromatic N) is 2. The molecule has 4 rings (SSSR count). The third-order valence-corrected chi connectivity index (χ3v) is 9.88. The standard InChI is InChI=1S/C27H28F3N2Si/c1-18-14-20(17-27(28,29)30)15-24(19(18)2)26-23-10-9-22(16-21(23)11-13-32(26)3)33(4,5)25-8-6-7-12-31-25/h6-16H,17H2,1-5H3/q+1. The van der Waals surface area contributed by atoms with Crippen molar-refractivity contribution in [3.8, 4) is 11.3 Å². The van der Waals surface area contributed by atoms with Gasteiger partial charge in [-0.05, 0) is 60.2 Å². The molecule has 0 bridgehead atoms. The summed E-state index contributed by atoms with van der Waals surface area (Å²) in [6, 6.07) is 18.0. The highest BCUT2D eigenvalue weighted by Gasteiger charge is 2.30. The van der Waals surface area contributed by atoms with Crippen LogP contribution in [-0.2, 0) is 13.5 Å². The second-order valence-corrected chi connectivity index (χ2v) is 13.6. The summed E-state index contributed by atoms with van der Waals surface area (Å²) in [5.74, 6) is 0. The predicted molar refractivity (Wildman–Crippen MR) is 131 cm³/mol. The van der Waals surface area contributed by atoms with Crippen LogP contribution < -0.4 is 15.1 Å². The number of halogens is 3.